The first-order valence-corrected chi connectivity index (χ1v) is 7.99. The molecule has 1 aliphatic heterocycles. The van der Waals surface area contributed by atoms with Crippen molar-refractivity contribution < 1.29 is 13.5 Å². The van der Waals surface area contributed by atoms with Crippen molar-refractivity contribution >= 4 is 10.0 Å². The molecule has 1 saturated carbocycles. The summed E-state index contributed by atoms with van der Waals surface area (Å²) in [6.45, 7) is 1.63. The van der Waals surface area contributed by atoms with E-state index < -0.39 is 10.0 Å². The third kappa shape index (κ3) is 2.81. The first-order valence-electron chi connectivity index (χ1n) is 6.48. The number of aliphatic hydroxyl groups excluding tert-OH is 1. The van der Waals surface area contributed by atoms with Crippen LogP contribution in [0.1, 0.15) is 32.1 Å². The third-order valence-corrected chi connectivity index (χ3v) is 6.18. The van der Waals surface area contributed by atoms with Gasteiger partial charge < -0.3 is 10.4 Å². The van der Waals surface area contributed by atoms with Gasteiger partial charge in [-0.25, -0.2) is 8.42 Å². The summed E-state index contributed by atoms with van der Waals surface area (Å²) in [5, 5.41) is 11.9. The van der Waals surface area contributed by atoms with Gasteiger partial charge in [-0.3, -0.25) is 0 Å². The predicted octanol–water partition coefficient (Wildman–Crippen LogP) is -0.0850. The van der Waals surface area contributed by atoms with Crippen LogP contribution in [0.5, 0.6) is 0 Å². The van der Waals surface area contributed by atoms with Crippen LogP contribution < -0.4 is 5.32 Å². The molecule has 0 aromatic rings. The van der Waals surface area contributed by atoms with Gasteiger partial charge in [-0.05, 0) is 32.2 Å². The van der Waals surface area contributed by atoms with Crippen molar-refractivity contribution in [2.75, 3.05) is 26.2 Å². The molecule has 1 aliphatic carbocycles. The zero-order chi connectivity index (χ0) is 12.3. The number of sulfonamides is 1. The highest BCUT2D eigenvalue weighted by Crippen LogP contribution is 2.29. The van der Waals surface area contributed by atoms with Gasteiger partial charge in [-0.15, -0.1) is 0 Å². The smallest absolute Gasteiger partial charge is 0.218 e. The van der Waals surface area contributed by atoms with E-state index in [1.54, 1.807) is 4.31 Å². The fourth-order valence-corrected chi connectivity index (χ4v) is 4.69. The maximum absolute atomic E-state index is 12.5. The number of hydrogen-bond donors (Lipinski definition) is 2. The number of aliphatic hydroxyl groups is 1. The van der Waals surface area contributed by atoms with Crippen LogP contribution in [-0.4, -0.2) is 55.4 Å². The number of piperidine rings is 1. The van der Waals surface area contributed by atoms with Crippen molar-refractivity contribution in [1.29, 1.82) is 0 Å². The maximum Gasteiger partial charge on any atom is 0.218 e. The molecule has 2 fully saturated rings. The van der Waals surface area contributed by atoms with Gasteiger partial charge in [0, 0.05) is 19.1 Å². The van der Waals surface area contributed by atoms with E-state index in [0.29, 0.717) is 6.54 Å². The van der Waals surface area contributed by atoms with Crippen LogP contribution in [0.4, 0.5) is 0 Å². The van der Waals surface area contributed by atoms with Gasteiger partial charge in [0.2, 0.25) is 10.0 Å². The quantitative estimate of drug-likeness (QED) is 0.727. The SMILES string of the molecule is O=S(=O)(C1CCCNC1)N(CCO)C1CCC1. The van der Waals surface area contributed by atoms with Crippen molar-refractivity contribution in [3.8, 4) is 0 Å². The molecule has 0 radical (unpaired) electrons. The second-order valence-electron chi connectivity index (χ2n) is 4.93. The van der Waals surface area contributed by atoms with Crippen LogP contribution in [0.15, 0.2) is 0 Å². The standard InChI is InChI=1S/C11H22N2O3S/c14-8-7-13(10-3-1-4-10)17(15,16)11-5-2-6-12-9-11/h10-12,14H,1-9H2. The van der Waals surface area contributed by atoms with Crippen molar-refractivity contribution in [2.45, 2.75) is 43.4 Å². The minimum absolute atomic E-state index is 0.0874. The molecule has 17 heavy (non-hydrogen) atoms. The Morgan fingerprint density at radius 2 is 2.00 bits per heavy atom. The molecule has 5 nitrogen and oxygen atoms in total. The summed E-state index contributed by atoms with van der Waals surface area (Å²) in [5.74, 6) is 0. The summed E-state index contributed by atoms with van der Waals surface area (Å²) in [5.41, 5.74) is 0. The van der Waals surface area contributed by atoms with Crippen molar-refractivity contribution in [3.63, 3.8) is 0 Å². The Labute approximate surface area is 103 Å². The van der Waals surface area contributed by atoms with E-state index in [2.05, 4.69) is 5.32 Å². The lowest BCUT2D eigenvalue weighted by atomic mass is 9.93. The van der Waals surface area contributed by atoms with E-state index in [9.17, 15) is 8.42 Å². The fraction of sp³-hybridized carbons (Fsp3) is 1.00. The Morgan fingerprint density at radius 1 is 1.24 bits per heavy atom. The van der Waals surface area contributed by atoms with E-state index in [4.69, 9.17) is 5.11 Å². The first-order chi connectivity index (χ1) is 8.16. The topological polar surface area (TPSA) is 69.6 Å². The number of nitrogens with one attached hydrogen (secondary N) is 1. The van der Waals surface area contributed by atoms with Gasteiger partial charge in [-0.2, -0.15) is 4.31 Å². The van der Waals surface area contributed by atoms with Crippen molar-refractivity contribution in [1.82, 2.24) is 9.62 Å². The number of rotatable bonds is 5. The summed E-state index contributed by atoms with van der Waals surface area (Å²) in [4.78, 5) is 0. The molecule has 0 aromatic carbocycles. The lowest BCUT2D eigenvalue weighted by molar-refractivity contribution is 0.176. The lowest BCUT2D eigenvalue weighted by Crippen LogP contribution is -2.52. The summed E-state index contributed by atoms with van der Waals surface area (Å²) < 4.78 is 26.5. The number of hydrogen-bond acceptors (Lipinski definition) is 4. The average Bonchev–Trinajstić information content (AvgIpc) is 2.27. The Morgan fingerprint density at radius 3 is 2.47 bits per heavy atom. The van der Waals surface area contributed by atoms with Crippen LogP contribution in [-0.2, 0) is 10.0 Å². The van der Waals surface area contributed by atoms with E-state index in [0.717, 1.165) is 38.6 Å². The Bertz CT molecular complexity index is 335. The zero-order valence-corrected chi connectivity index (χ0v) is 11.0. The molecule has 1 heterocycles. The molecule has 2 rings (SSSR count). The summed E-state index contributed by atoms with van der Waals surface area (Å²) in [7, 11) is -3.24. The minimum Gasteiger partial charge on any atom is -0.395 e. The van der Waals surface area contributed by atoms with Crippen molar-refractivity contribution in [3.05, 3.63) is 0 Å². The van der Waals surface area contributed by atoms with Gasteiger partial charge in [0.25, 0.3) is 0 Å². The Hall–Kier alpha value is -0.170. The lowest BCUT2D eigenvalue weighted by Gasteiger charge is -2.39. The molecule has 2 N–H and O–H groups in total. The minimum atomic E-state index is -3.24. The molecular weight excluding hydrogens is 240 g/mol. The summed E-state index contributed by atoms with van der Waals surface area (Å²) >= 11 is 0. The van der Waals surface area contributed by atoms with Gasteiger partial charge in [0.1, 0.15) is 0 Å². The average molecular weight is 262 g/mol. The second-order valence-corrected chi connectivity index (χ2v) is 7.10. The van der Waals surface area contributed by atoms with E-state index in [1.165, 1.54) is 0 Å². The van der Waals surface area contributed by atoms with Crippen LogP contribution in [0.3, 0.4) is 0 Å². The fourth-order valence-electron chi connectivity index (χ4n) is 2.56. The summed E-state index contributed by atoms with van der Waals surface area (Å²) in [6.07, 6.45) is 4.65. The normalized spacial score (nSPS) is 27.1. The highest BCUT2D eigenvalue weighted by Gasteiger charge is 2.38. The first kappa shape index (κ1) is 13.3. The second kappa shape index (κ2) is 5.65. The molecule has 0 amide bonds. The number of nitrogens with zero attached hydrogens (tertiary/aromatic N) is 1. The van der Waals surface area contributed by atoms with Crippen LogP contribution in [0, 0.1) is 0 Å². The molecule has 0 bridgehead atoms. The van der Waals surface area contributed by atoms with E-state index >= 15 is 0 Å². The van der Waals surface area contributed by atoms with E-state index in [1.807, 2.05) is 0 Å². The molecule has 1 atom stereocenters. The molecule has 100 valence electrons. The Balaban J connectivity index is 2.08. The molecule has 2 aliphatic rings. The van der Waals surface area contributed by atoms with Gasteiger partial charge >= 0.3 is 0 Å². The molecule has 1 unspecified atom stereocenters. The summed E-state index contributed by atoms with van der Waals surface area (Å²) in [6, 6.07) is 0.133. The molecule has 1 saturated heterocycles. The molecule has 0 spiro atoms. The maximum atomic E-state index is 12.5. The molecule has 6 heteroatoms. The zero-order valence-electron chi connectivity index (χ0n) is 10.1. The molecular formula is C11H22N2O3S. The largest absolute Gasteiger partial charge is 0.395 e. The highest BCUT2D eigenvalue weighted by atomic mass is 32.2. The van der Waals surface area contributed by atoms with Gasteiger partial charge in [0.15, 0.2) is 0 Å². The van der Waals surface area contributed by atoms with E-state index in [-0.39, 0.29) is 24.4 Å². The highest BCUT2D eigenvalue weighted by molar-refractivity contribution is 7.89. The van der Waals surface area contributed by atoms with Crippen molar-refractivity contribution in [2.24, 2.45) is 0 Å². The predicted molar refractivity (Wildman–Crippen MR) is 66.2 cm³/mol. The third-order valence-electron chi connectivity index (χ3n) is 3.80. The molecule has 0 aromatic heterocycles. The van der Waals surface area contributed by atoms with Gasteiger partial charge in [0.05, 0.1) is 11.9 Å². The Kier molecular flexibility index (Phi) is 4.41. The monoisotopic (exact) mass is 262 g/mol. The van der Waals surface area contributed by atoms with Crippen LogP contribution >= 0.6 is 0 Å². The van der Waals surface area contributed by atoms with Gasteiger partial charge in [-0.1, -0.05) is 6.42 Å². The van der Waals surface area contributed by atoms with Crippen LogP contribution in [0.2, 0.25) is 0 Å². The van der Waals surface area contributed by atoms with Crippen LogP contribution in [0.25, 0.3) is 0 Å².